The summed E-state index contributed by atoms with van der Waals surface area (Å²) in [5, 5.41) is 8.85. The molecule has 0 bridgehead atoms. The quantitative estimate of drug-likeness (QED) is 0.873. The van der Waals surface area contributed by atoms with Crippen LogP contribution in [-0.4, -0.2) is 23.8 Å². The number of nitrogens with one attached hydrogen (secondary N) is 1. The highest BCUT2D eigenvalue weighted by Gasteiger charge is 2.11. The molecule has 1 N–H and O–H groups in total. The van der Waals surface area contributed by atoms with Crippen molar-refractivity contribution in [3.05, 3.63) is 50.8 Å². The van der Waals surface area contributed by atoms with Gasteiger partial charge in [-0.3, -0.25) is 14.3 Å². The van der Waals surface area contributed by atoms with Crippen LogP contribution in [0.15, 0.2) is 34.0 Å². The van der Waals surface area contributed by atoms with Crippen molar-refractivity contribution in [3.8, 4) is 23.3 Å². The van der Waals surface area contributed by atoms with Crippen molar-refractivity contribution in [2.75, 3.05) is 14.2 Å². The maximum Gasteiger partial charge on any atom is 0.333 e. The lowest BCUT2D eigenvalue weighted by Crippen LogP contribution is -2.30. The molecular formula is C13H11N3O4. The minimum atomic E-state index is -0.721. The predicted molar refractivity (Wildman–Crippen MR) is 70.5 cm³/mol. The van der Waals surface area contributed by atoms with Gasteiger partial charge < -0.3 is 9.47 Å². The van der Waals surface area contributed by atoms with Crippen LogP contribution in [0, 0.1) is 11.3 Å². The fourth-order valence-corrected chi connectivity index (χ4v) is 1.71. The Hall–Kier alpha value is -3.01. The Balaban J connectivity index is 2.72. The van der Waals surface area contributed by atoms with E-state index in [1.807, 2.05) is 0 Å². The van der Waals surface area contributed by atoms with E-state index in [0.29, 0.717) is 17.2 Å². The van der Waals surface area contributed by atoms with Gasteiger partial charge in [0, 0.05) is 12.3 Å². The number of H-pyrrole nitrogens is 1. The van der Waals surface area contributed by atoms with Crippen LogP contribution >= 0.6 is 0 Å². The van der Waals surface area contributed by atoms with Gasteiger partial charge in [-0.2, -0.15) is 5.26 Å². The van der Waals surface area contributed by atoms with Gasteiger partial charge >= 0.3 is 5.69 Å². The second-order valence-corrected chi connectivity index (χ2v) is 3.82. The minimum absolute atomic E-state index is 0.164. The Kier molecular flexibility index (Phi) is 3.57. The summed E-state index contributed by atoms with van der Waals surface area (Å²) in [6, 6.07) is 6.56. The first-order chi connectivity index (χ1) is 9.60. The number of benzene rings is 1. The van der Waals surface area contributed by atoms with Crippen molar-refractivity contribution in [3.63, 3.8) is 0 Å². The van der Waals surface area contributed by atoms with Crippen LogP contribution in [0.2, 0.25) is 0 Å². The highest BCUT2D eigenvalue weighted by Crippen LogP contribution is 2.26. The van der Waals surface area contributed by atoms with E-state index < -0.39 is 11.2 Å². The topological polar surface area (TPSA) is 97.1 Å². The van der Waals surface area contributed by atoms with Crippen molar-refractivity contribution in [2.45, 2.75) is 0 Å². The third kappa shape index (κ3) is 2.27. The molecule has 0 unspecified atom stereocenters. The molecule has 0 atom stereocenters. The molecule has 7 nitrogen and oxygen atoms in total. The van der Waals surface area contributed by atoms with E-state index in [1.165, 1.54) is 20.4 Å². The van der Waals surface area contributed by atoms with Crippen LogP contribution in [0.1, 0.15) is 5.56 Å². The average Bonchev–Trinajstić information content (AvgIpc) is 2.47. The maximum absolute atomic E-state index is 11.8. The highest BCUT2D eigenvalue weighted by molar-refractivity contribution is 5.51. The van der Waals surface area contributed by atoms with E-state index in [1.54, 1.807) is 24.3 Å². The molecular weight excluding hydrogens is 262 g/mol. The summed E-state index contributed by atoms with van der Waals surface area (Å²) in [7, 11) is 2.95. The maximum atomic E-state index is 11.8. The van der Waals surface area contributed by atoms with Crippen LogP contribution in [-0.2, 0) is 0 Å². The molecule has 0 fully saturated rings. The Morgan fingerprint density at radius 3 is 2.60 bits per heavy atom. The zero-order valence-electron chi connectivity index (χ0n) is 10.8. The molecule has 1 heterocycles. The van der Waals surface area contributed by atoms with E-state index in [4.69, 9.17) is 14.7 Å². The van der Waals surface area contributed by atoms with Crippen molar-refractivity contribution in [2.24, 2.45) is 0 Å². The molecule has 2 rings (SSSR count). The Labute approximate surface area is 113 Å². The number of nitriles is 1. The van der Waals surface area contributed by atoms with E-state index >= 15 is 0 Å². The molecule has 0 spiro atoms. The Bertz CT molecular complexity index is 798. The summed E-state index contributed by atoms with van der Waals surface area (Å²) in [6.07, 6.45) is 1.17. The summed E-state index contributed by atoms with van der Waals surface area (Å²) >= 11 is 0. The van der Waals surface area contributed by atoms with Gasteiger partial charge in [0.2, 0.25) is 0 Å². The molecule has 0 aliphatic rings. The summed E-state index contributed by atoms with van der Waals surface area (Å²) in [6.45, 7) is 0. The SMILES string of the molecule is COc1ccc(-n2cc(C#N)c(=O)[nH]c2=O)c(OC)c1. The summed E-state index contributed by atoms with van der Waals surface area (Å²) in [4.78, 5) is 25.3. The normalized spacial score (nSPS) is 9.85. The fraction of sp³-hybridized carbons (Fsp3) is 0.154. The molecule has 1 aromatic carbocycles. The zero-order chi connectivity index (χ0) is 14.7. The first kappa shape index (κ1) is 13.4. The van der Waals surface area contributed by atoms with E-state index in [0.717, 1.165) is 4.57 Å². The lowest BCUT2D eigenvalue weighted by atomic mass is 10.2. The van der Waals surface area contributed by atoms with Gasteiger partial charge in [-0.25, -0.2) is 4.79 Å². The first-order valence-corrected chi connectivity index (χ1v) is 5.59. The molecule has 7 heteroatoms. The minimum Gasteiger partial charge on any atom is -0.497 e. The zero-order valence-corrected chi connectivity index (χ0v) is 10.8. The van der Waals surface area contributed by atoms with Crippen LogP contribution in [0.25, 0.3) is 5.69 Å². The Morgan fingerprint density at radius 1 is 1.25 bits per heavy atom. The molecule has 1 aromatic heterocycles. The second-order valence-electron chi connectivity index (χ2n) is 3.82. The number of rotatable bonds is 3. The van der Waals surface area contributed by atoms with Crippen LogP contribution < -0.4 is 20.7 Å². The molecule has 2 aromatic rings. The van der Waals surface area contributed by atoms with Crippen LogP contribution in [0.4, 0.5) is 0 Å². The number of hydrogen-bond donors (Lipinski definition) is 1. The number of methoxy groups -OCH3 is 2. The summed E-state index contributed by atoms with van der Waals surface area (Å²) in [5.74, 6) is 0.936. The third-order valence-electron chi connectivity index (χ3n) is 2.71. The van der Waals surface area contributed by atoms with E-state index in [-0.39, 0.29) is 5.56 Å². The fourth-order valence-electron chi connectivity index (χ4n) is 1.71. The standard InChI is InChI=1S/C13H11N3O4/c1-19-9-3-4-10(11(5-9)20-2)16-7-8(6-14)12(17)15-13(16)18/h3-5,7H,1-2H3,(H,15,17,18). The van der Waals surface area contributed by atoms with Crippen molar-refractivity contribution >= 4 is 0 Å². The summed E-state index contributed by atoms with van der Waals surface area (Å²) in [5.41, 5.74) is -1.15. The number of aromatic nitrogens is 2. The van der Waals surface area contributed by atoms with Gasteiger partial charge in [0.1, 0.15) is 23.1 Å². The Morgan fingerprint density at radius 2 is 2.00 bits per heavy atom. The van der Waals surface area contributed by atoms with E-state index in [9.17, 15) is 9.59 Å². The lowest BCUT2D eigenvalue weighted by Gasteiger charge is -2.11. The largest absolute Gasteiger partial charge is 0.497 e. The van der Waals surface area contributed by atoms with Gasteiger partial charge in [0.25, 0.3) is 5.56 Å². The number of ether oxygens (including phenoxy) is 2. The van der Waals surface area contributed by atoms with Crippen molar-refractivity contribution < 1.29 is 9.47 Å². The van der Waals surface area contributed by atoms with Crippen molar-refractivity contribution in [1.82, 2.24) is 9.55 Å². The van der Waals surface area contributed by atoms with Crippen LogP contribution in [0.3, 0.4) is 0 Å². The van der Waals surface area contributed by atoms with Gasteiger partial charge in [-0.05, 0) is 12.1 Å². The molecule has 0 aliphatic heterocycles. The monoisotopic (exact) mass is 273 g/mol. The lowest BCUT2D eigenvalue weighted by molar-refractivity contribution is 0.393. The number of aromatic amines is 1. The van der Waals surface area contributed by atoms with Gasteiger partial charge in [-0.1, -0.05) is 0 Å². The number of hydrogen-bond acceptors (Lipinski definition) is 5. The first-order valence-electron chi connectivity index (χ1n) is 5.59. The van der Waals surface area contributed by atoms with Crippen molar-refractivity contribution in [1.29, 1.82) is 5.26 Å². The number of nitrogens with zero attached hydrogens (tertiary/aromatic N) is 2. The van der Waals surface area contributed by atoms with Gasteiger partial charge in [-0.15, -0.1) is 0 Å². The molecule has 0 radical (unpaired) electrons. The third-order valence-corrected chi connectivity index (χ3v) is 2.71. The molecule has 0 aliphatic carbocycles. The molecule has 0 saturated heterocycles. The smallest absolute Gasteiger partial charge is 0.333 e. The van der Waals surface area contributed by atoms with Crippen LogP contribution in [0.5, 0.6) is 11.5 Å². The summed E-state index contributed by atoms with van der Waals surface area (Å²) < 4.78 is 11.4. The molecule has 0 saturated carbocycles. The van der Waals surface area contributed by atoms with Gasteiger partial charge in [0.05, 0.1) is 19.9 Å². The highest BCUT2D eigenvalue weighted by atomic mass is 16.5. The predicted octanol–water partition coefficient (Wildman–Crippen LogP) is 0.415. The van der Waals surface area contributed by atoms with Gasteiger partial charge in [0.15, 0.2) is 0 Å². The molecule has 102 valence electrons. The second kappa shape index (κ2) is 5.32. The average molecular weight is 273 g/mol. The molecule has 20 heavy (non-hydrogen) atoms. The van der Waals surface area contributed by atoms with E-state index in [2.05, 4.69) is 4.98 Å². The molecule has 0 amide bonds.